The van der Waals surface area contributed by atoms with Gasteiger partial charge in [-0.25, -0.2) is 17.2 Å². The second-order valence-corrected chi connectivity index (χ2v) is 11.2. The Morgan fingerprint density at radius 3 is 2.45 bits per heavy atom. The monoisotopic (exact) mass is 565 g/mol. The molecule has 11 heteroatoms. The Bertz CT molecular complexity index is 1370. The van der Waals surface area contributed by atoms with Crippen LogP contribution in [0.5, 0.6) is 5.75 Å². The molecule has 0 radical (unpaired) electrons. The number of halogens is 3. The van der Waals surface area contributed by atoms with Gasteiger partial charge in [0.05, 0.1) is 30.2 Å². The SMILES string of the molecule is COC(=O)[C@@H](CCOCc1ccccc1)N[C@H]1COc2c(F)ccc(F)c2[C@@H]1S(=O)(=O)c1ccc(Cl)cc1. The first-order chi connectivity index (χ1) is 18.2. The smallest absolute Gasteiger partial charge is 0.322 e. The standard InChI is InChI=1S/C27H26ClF2NO6S/c1-35-27(32)22(13-14-36-15-17-5-3-2-4-6-17)31-23-16-37-25-21(30)12-11-20(29)24(25)26(23)38(33,34)19-9-7-18(28)8-10-19/h2-12,22-23,26,31H,13-16H2,1H3/t22-,23+,26-/m1/s1. The molecule has 0 spiro atoms. The molecule has 0 bridgehead atoms. The van der Waals surface area contributed by atoms with Crippen LogP contribution >= 0.6 is 11.6 Å². The summed E-state index contributed by atoms with van der Waals surface area (Å²) >= 11 is 5.92. The maximum atomic E-state index is 15.1. The lowest BCUT2D eigenvalue weighted by atomic mass is 9.99. The molecule has 1 aliphatic rings. The maximum absolute atomic E-state index is 15.1. The van der Waals surface area contributed by atoms with E-state index >= 15 is 4.39 Å². The summed E-state index contributed by atoms with van der Waals surface area (Å²) in [5.41, 5.74) is 0.492. The molecular weight excluding hydrogens is 540 g/mol. The third kappa shape index (κ3) is 6.15. The van der Waals surface area contributed by atoms with Gasteiger partial charge in [-0.1, -0.05) is 41.9 Å². The number of sulfone groups is 1. The zero-order chi connectivity index (χ0) is 27.3. The van der Waals surface area contributed by atoms with Gasteiger partial charge in [0.2, 0.25) is 0 Å². The van der Waals surface area contributed by atoms with Crippen LogP contribution in [0.15, 0.2) is 71.6 Å². The van der Waals surface area contributed by atoms with Crippen LogP contribution in [-0.4, -0.2) is 46.8 Å². The summed E-state index contributed by atoms with van der Waals surface area (Å²) in [6.07, 6.45) is 0.127. The van der Waals surface area contributed by atoms with E-state index < -0.39 is 56.1 Å². The van der Waals surface area contributed by atoms with Crippen LogP contribution in [0.25, 0.3) is 0 Å². The molecule has 3 aromatic carbocycles. The first-order valence-corrected chi connectivity index (χ1v) is 13.7. The van der Waals surface area contributed by atoms with E-state index in [-0.39, 0.29) is 24.5 Å². The fourth-order valence-corrected chi connectivity index (χ4v) is 6.39. The summed E-state index contributed by atoms with van der Waals surface area (Å²) in [5, 5.41) is 1.66. The summed E-state index contributed by atoms with van der Waals surface area (Å²) in [6.45, 7) is 0.110. The number of carbonyl (C=O) groups excluding carboxylic acids is 1. The van der Waals surface area contributed by atoms with E-state index in [4.69, 9.17) is 25.8 Å². The van der Waals surface area contributed by atoms with Crippen LogP contribution in [-0.2, 0) is 30.7 Å². The maximum Gasteiger partial charge on any atom is 0.322 e. The van der Waals surface area contributed by atoms with Crippen LogP contribution in [0.3, 0.4) is 0 Å². The largest absolute Gasteiger partial charge is 0.488 e. The number of fused-ring (bicyclic) bond motifs is 1. The molecule has 1 heterocycles. The molecule has 202 valence electrons. The van der Waals surface area contributed by atoms with E-state index in [1.54, 1.807) is 0 Å². The summed E-state index contributed by atoms with van der Waals surface area (Å²) in [6, 6.07) is 14.4. The zero-order valence-corrected chi connectivity index (χ0v) is 22.0. The Labute approximate surface area is 224 Å². The normalized spacial score (nSPS) is 17.8. The van der Waals surface area contributed by atoms with Crippen molar-refractivity contribution in [2.45, 2.75) is 35.3 Å². The molecule has 1 aliphatic heterocycles. The highest BCUT2D eigenvalue weighted by Gasteiger charge is 2.45. The van der Waals surface area contributed by atoms with E-state index in [9.17, 15) is 17.6 Å². The van der Waals surface area contributed by atoms with E-state index in [1.165, 1.54) is 31.4 Å². The predicted octanol–water partition coefficient (Wildman–Crippen LogP) is 4.63. The Morgan fingerprint density at radius 2 is 1.76 bits per heavy atom. The summed E-state index contributed by atoms with van der Waals surface area (Å²) in [7, 11) is -3.11. The number of hydrogen-bond acceptors (Lipinski definition) is 7. The molecule has 7 nitrogen and oxygen atoms in total. The lowest BCUT2D eigenvalue weighted by molar-refractivity contribution is -0.144. The third-order valence-corrected chi connectivity index (χ3v) is 8.61. The minimum absolute atomic E-state index is 0.127. The van der Waals surface area contributed by atoms with Gasteiger partial charge >= 0.3 is 5.97 Å². The number of benzene rings is 3. The van der Waals surface area contributed by atoms with Gasteiger partial charge in [0.15, 0.2) is 21.4 Å². The number of carbonyl (C=O) groups is 1. The number of methoxy groups -OCH3 is 1. The van der Waals surface area contributed by atoms with Crippen molar-refractivity contribution < 1.29 is 36.2 Å². The fourth-order valence-electron chi connectivity index (χ4n) is 4.34. The van der Waals surface area contributed by atoms with Gasteiger partial charge in [-0.2, -0.15) is 0 Å². The highest BCUT2D eigenvalue weighted by atomic mass is 35.5. The van der Waals surface area contributed by atoms with Crippen molar-refractivity contribution in [2.24, 2.45) is 0 Å². The number of hydrogen-bond donors (Lipinski definition) is 1. The first-order valence-electron chi connectivity index (χ1n) is 11.8. The van der Waals surface area contributed by atoms with Crippen molar-refractivity contribution in [1.82, 2.24) is 5.32 Å². The predicted molar refractivity (Wildman–Crippen MR) is 137 cm³/mol. The lowest BCUT2D eigenvalue weighted by Crippen LogP contribution is -2.52. The van der Waals surface area contributed by atoms with Crippen molar-refractivity contribution >= 4 is 27.4 Å². The summed E-state index contributed by atoms with van der Waals surface area (Å²) < 4.78 is 73.3. The van der Waals surface area contributed by atoms with Crippen LogP contribution in [0.1, 0.15) is 22.8 Å². The van der Waals surface area contributed by atoms with Gasteiger partial charge in [-0.3, -0.25) is 10.1 Å². The Morgan fingerprint density at radius 1 is 1.08 bits per heavy atom. The molecule has 3 atom stereocenters. The Hall–Kier alpha value is -3.05. The van der Waals surface area contributed by atoms with Crippen LogP contribution in [0, 0.1) is 11.6 Å². The highest BCUT2D eigenvalue weighted by molar-refractivity contribution is 7.91. The Kier molecular flexibility index (Phi) is 8.99. The van der Waals surface area contributed by atoms with E-state index in [1.807, 2.05) is 30.3 Å². The molecule has 1 N–H and O–H groups in total. The van der Waals surface area contributed by atoms with Crippen molar-refractivity contribution in [3.63, 3.8) is 0 Å². The van der Waals surface area contributed by atoms with Crippen molar-refractivity contribution in [3.05, 3.63) is 94.5 Å². The van der Waals surface area contributed by atoms with E-state index in [0.717, 1.165) is 17.7 Å². The number of ether oxygens (including phenoxy) is 3. The molecule has 0 saturated carbocycles. The van der Waals surface area contributed by atoms with Gasteiger partial charge in [0, 0.05) is 11.6 Å². The van der Waals surface area contributed by atoms with Gasteiger partial charge in [0.25, 0.3) is 0 Å². The second-order valence-electron chi connectivity index (χ2n) is 8.68. The number of nitrogens with one attached hydrogen (secondary N) is 1. The first kappa shape index (κ1) is 28.0. The van der Waals surface area contributed by atoms with Crippen molar-refractivity contribution in [1.29, 1.82) is 0 Å². The minimum atomic E-state index is -4.31. The molecule has 0 unspecified atom stereocenters. The molecule has 38 heavy (non-hydrogen) atoms. The van der Waals surface area contributed by atoms with Crippen molar-refractivity contribution in [2.75, 3.05) is 20.3 Å². The quantitative estimate of drug-likeness (QED) is 0.283. The molecule has 3 aromatic rings. The summed E-state index contributed by atoms with van der Waals surface area (Å²) in [4.78, 5) is 12.5. The highest BCUT2D eigenvalue weighted by Crippen LogP contribution is 2.43. The molecule has 0 amide bonds. The van der Waals surface area contributed by atoms with Crippen LogP contribution in [0.4, 0.5) is 8.78 Å². The van der Waals surface area contributed by atoms with E-state index in [2.05, 4.69) is 5.32 Å². The third-order valence-electron chi connectivity index (χ3n) is 6.19. The van der Waals surface area contributed by atoms with E-state index in [0.29, 0.717) is 11.6 Å². The van der Waals surface area contributed by atoms with Crippen molar-refractivity contribution in [3.8, 4) is 5.75 Å². The summed E-state index contributed by atoms with van der Waals surface area (Å²) in [5.74, 6) is -2.99. The molecule has 0 aromatic heterocycles. The lowest BCUT2D eigenvalue weighted by Gasteiger charge is -2.35. The molecule has 0 aliphatic carbocycles. The fraction of sp³-hybridized carbons (Fsp3) is 0.296. The molecule has 4 rings (SSSR count). The van der Waals surface area contributed by atoms with Crippen LogP contribution < -0.4 is 10.1 Å². The molecule has 0 fully saturated rings. The average molecular weight is 566 g/mol. The number of esters is 1. The van der Waals surface area contributed by atoms with Gasteiger partial charge in [-0.05, 0) is 48.4 Å². The zero-order valence-electron chi connectivity index (χ0n) is 20.4. The van der Waals surface area contributed by atoms with Gasteiger partial charge < -0.3 is 14.2 Å². The molecule has 0 saturated heterocycles. The second kappa shape index (κ2) is 12.2. The number of rotatable bonds is 10. The Balaban J connectivity index is 1.62. The average Bonchev–Trinajstić information content (AvgIpc) is 2.92. The van der Waals surface area contributed by atoms with Gasteiger partial charge in [0.1, 0.15) is 23.7 Å². The minimum Gasteiger partial charge on any atom is -0.488 e. The topological polar surface area (TPSA) is 90.9 Å². The van der Waals surface area contributed by atoms with Crippen LogP contribution in [0.2, 0.25) is 5.02 Å². The molecular formula is C27H26ClF2NO6S. The van der Waals surface area contributed by atoms with Gasteiger partial charge in [-0.15, -0.1) is 0 Å².